The Morgan fingerprint density at radius 3 is 2.65 bits per heavy atom. The number of nitrogens with zero attached hydrogens (tertiary/aromatic N) is 1. The quantitative estimate of drug-likeness (QED) is 0.846. The molecule has 0 aliphatic carbocycles. The molecule has 1 atom stereocenters. The van der Waals surface area contributed by atoms with Crippen molar-refractivity contribution in [3.63, 3.8) is 0 Å². The van der Waals surface area contributed by atoms with Gasteiger partial charge in [-0.2, -0.15) is 0 Å². The molecule has 0 saturated carbocycles. The Balaban J connectivity index is 2.12. The standard InChI is InChI=1S/C16H17N3O3S/c1-3-22-10-6-4-9(5-7-10)11-8-12(20)17-14-13(11)15(21)18-16(23)19(14)2/h4-7,11H,3,8H2,1-2H3,(H,17,20)(H,18,21,23). The average Bonchev–Trinajstić information content (AvgIpc) is 2.53. The van der Waals surface area contributed by atoms with Gasteiger partial charge in [0.25, 0.3) is 5.56 Å². The largest absolute Gasteiger partial charge is 0.494 e. The highest BCUT2D eigenvalue weighted by atomic mass is 32.1. The summed E-state index contributed by atoms with van der Waals surface area (Å²) >= 11 is 5.11. The molecule has 0 bridgehead atoms. The number of hydrogen-bond donors (Lipinski definition) is 2. The van der Waals surface area contributed by atoms with Crippen LogP contribution in [0.15, 0.2) is 29.1 Å². The first kappa shape index (κ1) is 15.5. The molecule has 1 unspecified atom stereocenters. The number of benzene rings is 1. The fraction of sp³-hybridized carbons (Fsp3) is 0.312. The van der Waals surface area contributed by atoms with Gasteiger partial charge in [0.2, 0.25) is 5.91 Å². The highest BCUT2D eigenvalue weighted by Gasteiger charge is 2.30. The molecule has 0 fully saturated rings. The molecule has 23 heavy (non-hydrogen) atoms. The molecule has 120 valence electrons. The van der Waals surface area contributed by atoms with Crippen LogP contribution in [-0.4, -0.2) is 22.1 Å². The van der Waals surface area contributed by atoms with Crippen molar-refractivity contribution in [1.29, 1.82) is 0 Å². The van der Waals surface area contributed by atoms with Gasteiger partial charge in [0.05, 0.1) is 12.2 Å². The summed E-state index contributed by atoms with van der Waals surface area (Å²) in [6.45, 7) is 2.51. The van der Waals surface area contributed by atoms with E-state index in [0.717, 1.165) is 11.3 Å². The van der Waals surface area contributed by atoms with Gasteiger partial charge in [-0.1, -0.05) is 12.1 Å². The van der Waals surface area contributed by atoms with E-state index in [4.69, 9.17) is 17.0 Å². The molecule has 2 heterocycles. The number of nitrogens with one attached hydrogen (secondary N) is 2. The Bertz CT molecular complexity index is 868. The first-order valence-corrected chi connectivity index (χ1v) is 7.78. The zero-order chi connectivity index (χ0) is 16.6. The molecular weight excluding hydrogens is 314 g/mol. The third-order valence-electron chi connectivity index (χ3n) is 3.95. The number of H-pyrrole nitrogens is 1. The van der Waals surface area contributed by atoms with Crippen molar-refractivity contribution in [3.05, 3.63) is 50.5 Å². The van der Waals surface area contributed by atoms with Gasteiger partial charge in [-0.15, -0.1) is 0 Å². The smallest absolute Gasteiger partial charge is 0.257 e. The summed E-state index contributed by atoms with van der Waals surface area (Å²) in [6, 6.07) is 7.47. The molecule has 1 aromatic carbocycles. The fourth-order valence-corrected chi connectivity index (χ4v) is 3.01. The van der Waals surface area contributed by atoms with Gasteiger partial charge in [-0.25, -0.2) is 0 Å². The second-order valence-corrected chi connectivity index (χ2v) is 5.77. The molecule has 1 aliphatic rings. The van der Waals surface area contributed by atoms with Crippen LogP contribution in [0.1, 0.15) is 30.4 Å². The van der Waals surface area contributed by atoms with Crippen LogP contribution in [0.4, 0.5) is 5.82 Å². The van der Waals surface area contributed by atoms with E-state index < -0.39 is 0 Å². The van der Waals surface area contributed by atoms with Gasteiger partial charge < -0.3 is 14.6 Å². The van der Waals surface area contributed by atoms with Crippen LogP contribution in [0.25, 0.3) is 0 Å². The predicted molar refractivity (Wildman–Crippen MR) is 89.6 cm³/mol. The Hall–Kier alpha value is -2.41. The van der Waals surface area contributed by atoms with Crippen molar-refractivity contribution in [2.75, 3.05) is 11.9 Å². The Morgan fingerprint density at radius 1 is 1.30 bits per heavy atom. The second-order valence-electron chi connectivity index (χ2n) is 5.39. The van der Waals surface area contributed by atoms with E-state index in [0.29, 0.717) is 18.0 Å². The van der Waals surface area contributed by atoms with Gasteiger partial charge in [0, 0.05) is 19.4 Å². The number of rotatable bonds is 3. The van der Waals surface area contributed by atoms with E-state index >= 15 is 0 Å². The van der Waals surface area contributed by atoms with Crippen molar-refractivity contribution in [1.82, 2.24) is 9.55 Å². The van der Waals surface area contributed by atoms with Crippen molar-refractivity contribution in [2.45, 2.75) is 19.3 Å². The maximum Gasteiger partial charge on any atom is 0.257 e. The number of carbonyl (C=O) groups is 1. The van der Waals surface area contributed by atoms with Crippen LogP contribution in [0.3, 0.4) is 0 Å². The van der Waals surface area contributed by atoms with E-state index in [1.165, 1.54) is 0 Å². The van der Waals surface area contributed by atoms with Crippen molar-refractivity contribution in [2.24, 2.45) is 7.05 Å². The average molecular weight is 331 g/mol. The third kappa shape index (κ3) is 2.79. The lowest BCUT2D eigenvalue weighted by atomic mass is 9.87. The number of carbonyl (C=O) groups excluding carboxylic acids is 1. The Morgan fingerprint density at radius 2 is 2.00 bits per heavy atom. The summed E-state index contributed by atoms with van der Waals surface area (Å²) in [6.07, 6.45) is 0.223. The summed E-state index contributed by atoms with van der Waals surface area (Å²) in [5.41, 5.74) is 1.17. The molecule has 1 amide bonds. The van der Waals surface area contributed by atoms with Crippen molar-refractivity contribution < 1.29 is 9.53 Å². The normalized spacial score (nSPS) is 16.6. The van der Waals surface area contributed by atoms with E-state index in [-0.39, 0.29) is 28.6 Å². The van der Waals surface area contributed by atoms with Gasteiger partial charge in [-0.05, 0) is 36.8 Å². The number of ether oxygens (including phenoxy) is 1. The third-order valence-corrected chi connectivity index (χ3v) is 4.33. The van der Waals surface area contributed by atoms with Crippen LogP contribution in [0.2, 0.25) is 0 Å². The molecule has 1 aromatic heterocycles. The second kappa shape index (κ2) is 6.00. The number of fused-ring (bicyclic) bond motifs is 1. The van der Waals surface area contributed by atoms with E-state index in [9.17, 15) is 9.59 Å². The van der Waals surface area contributed by atoms with Gasteiger partial charge in [-0.3, -0.25) is 14.6 Å². The number of aromatic amines is 1. The van der Waals surface area contributed by atoms with Gasteiger partial charge in [0.15, 0.2) is 4.77 Å². The summed E-state index contributed by atoms with van der Waals surface area (Å²) in [5.74, 6) is 0.790. The number of amides is 1. The number of hydrogen-bond acceptors (Lipinski definition) is 4. The maximum atomic E-state index is 12.4. The molecule has 0 radical (unpaired) electrons. The molecule has 0 spiro atoms. The molecule has 2 N–H and O–H groups in total. The Kier molecular flexibility index (Phi) is 4.04. The minimum absolute atomic E-state index is 0.132. The lowest BCUT2D eigenvalue weighted by Gasteiger charge is -2.26. The van der Waals surface area contributed by atoms with Gasteiger partial charge in [0.1, 0.15) is 11.6 Å². The minimum Gasteiger partial charge on any atom is -0.494 e. The summed E-state index contributed by atoms with van der Waals surface area (Å²) in [5, 5.41) is 2.75. The Labute approximate surface area is 138 Å². The van der Waals surface area contributed by atoms with E-state index in [2.05, 4.69) is 10.3 Å². The first-order valence-electron chi connectivity index (χ1n) is 7.37. The zero-order valence-corrected chi connectivity index (χ0v) is 13.7. The molecular formula is C16H17N3O3S. The zero-order valence-electron chi connectivity index (χ0n) is 12.9. The summed E-state index contributed by atoms with van der Waals surface area (Å²) in [7, 11) is 1.72. The molecule has 2 aromatic rings. The SMILES string of the molecule is CCOc1ccc(C2CC(=O)Nc3c2c(=O)[nH]c(=S)n3C)cc1. The molecule has 6 nitrogen and oxygen atoms in total. The van der Waals surface area contributed by atoms with E-state index in [1.807, 2.05) is 31.2 Å². The highest BCUT2D eigenvalue weighted by molar-refractivity contribution is 7.71. The molecule has 0 saturated heterocycles. The van der Waals surface area contributed by atoms with Crippen molar-refractivity contribution >= 4 is 23.9 Å². The highest BCUT2D eigenvalue weighted by Crippen LogP contribution is 2.34. The number of anilines is 1. The lowest BCUT2D eigenvalue weighted by molar-refractivity contribution is -0.116. The first-order chi connectivity index (χ1) is 11.0. The predicted octanol–water partition coefficient (Wildman–Crippen LogP) is 2.32. The number of aromatic nitrogens is 2. The molecule has 3 rings (SSSR count). The lowest BCUT2D eigenvalue weighted by Crippen LogP contribution is -2.33. The fourth-order valence-electron chi connectivity index (χ4n) is 2.83. The summed E-state index contributed by atoms with van der Waals surface area (Å²) in [4.78, 5) is 27.1. The van der Waals surface area contributed by atoms with E-state index in [1.54, 1.807) is 11.6 Å². The van der Waals surface area contributed by atoms with Crippen molar-refractivity contribution in [3.8, 4) is 5.75 Å². The maximum absolute atomic E-state index is 12.4. The topological polar surface area (TPSA) is 76.1 Å². The van der Waals surface area contributed by atoms with Crippen LogP contribution in [-0.2, 0) is 11.8 Å². The summed E-state index contributed by atoms with van der Waals surface area (Å²) < 4.78 is 7.33. The minimum atomic E-state index is -0.306. The van der Waals surface area contributed by atoms with Crippen LogP contribution in [0.5, 0.6) is 5.75 Å². The molecule has 7 heteroatoms. The van der Waals surface area contributed by atoms with Gasteiger partial charge >= 0.3 is 0 Å². The van der Waals surface area contributed by atoms with Crippen LogP contribution in [0, 0.1) is 4.77 Å². The van der Waals surface area contributed by atoms with Crippen LogP contribution < -0.4 is 15.6 Å². The monoisotopic (exact) mass is 331 g/mol. The molecule has 1 aliphatic heterocycles. The van der Waals surface area contributed by atoms with Crippen LogP contribution >= 0.6 is 12.2 Å².